The van der Waals surface area contributed by atoms with Crippen molar-refractivity contribution in [2.45, 2.75) is 0 Å². The Bertz CT molecular complexity index is 470. The molecular formula is C9H6BrClN2. The number of nitrogens with zero attached hydrogens (tertiary/aromatic N) is 1. The first-order chi connectivity index (χ1) is 6.16. The molecule has 0 aliphatic carbocycles. The second kappa shape index (κ2) is 3.16. The number of hydrogen-bond donors (Lipinski definition) is 1. The van der Waals surface area contributed by atoms with Crippen LogP contribution in [0.25, 0.3) is 10.9 Å². The minimum atomic E-state index is 0.634. The monoisotopic (exact) mass is 256 g/mol. The summed E-state index contributed by atoms with van der Waals surface area (Å²) in [6.45, 7) is 0. The van der Waals surface area contributed by atoms with Gasteiger partial charge in [-0.05, 0) is 34.1 Å². The van der Waals surface area contributed by atoms with Gasteiger partial charge in [0.2, 0.25) is 0 Å². The molecule has 66 valence electrons. The summed E-state index contributed by atoms with van der Waals surface area (Å²) in [4.78, 5) is 4.24. The third kappa shape index (κ3) is 1.62. The number of benzene rings is 1. The van der Waals surface area contributed by atoms with E-state index in [0.717, 1.165) is 10.9 Å². The molecule has 0 fully saturated rings. The fourth-order valence-corrected chi connectivity index (χ4v) is 1.60. The summed E-state index contributed by atoms with van der Waals surface area (Å²) in [6.07, 6.45) is 0. The Morgan fingerprint density at radius 2 is 2.08 bits per heavy atom. The molecule has 0 spiro atoms. The van der Waals surface area contributed by atoms with Crippen molar-refractivity contribution in [1.29, 1.82) is 0 Å². The average Bonchev–Trinajstić information content (AvgIpc) is 2.08. The van der Waals surface area contributed by atoms with Crippen LogP contribution in [-0.4, -0.2) is 4.98 Å². The summed E-state index contributed by atoms with van der Waals surface area (Å²) in [5, 5.41) is 1.67. The van der Waals surface area contributed by atoms with Crippen LogP contribution in [-0.2, 0) is 0 Å². The van der Waals surface area contributed by atoms with Gasteiger partial charge in [0.1, 0.15) is 4.60 Å². The lowest BCUT2D eigenvalue weighted by Crippen LogP contribution is -1.90. The lowest BCUT2D eigenvalue weighted by atomic mass is 10.2. The highest BCUT2D eigenvalue weighted by Crippen LogP contribution is 2.24. The minimum Gasteiger partial charge on any atom is -0.397 e. The van der Waals surface area contributed by atoms with Crippen LogP contribution < -0.4 is 5.73 Å². The van der Waals surface area contributed by atoms with Gasteiger partial charge in [0.25, 0.3) is 0 Å². The van der Waals surface area contributed by atoms with Crippen LogP contribution in [0.15, 0.2) is 28.9 Å². The van der Waals surface area contributed by atoms with Crippen molar-refractivity contribution in [3.05, 3.63) is 33.9 Å². The molecule has 1 heterocycles. The van der Waals surface area contributed by atoms with E-state index in [1.165, 1.54) is 0 Å². The van der Waals surface area contributed by atoms with Gasteiger partial charge in [-0.1, -0.05) is 17.7 Å². The molecule has 0 atom stereocenters. The van der Waals surface area contributed by atoms with E-state index < -0.39 is 0 Å². The van der Waals surface area contributed by atoms with Crippen LogP contribution in [0.5, 0.6) is 0 Å². The first-order valence-corrected chi connectivity index (χ1v) is 4.85. The van der Waals surface area contributed by atoms with Crippen LogP contribution in [0.3, 0.4) is 0 Å². The fourth-order valence-electron chi connectivity index (χ4n) is 1.13. The third-order valence-corrected chi connectivity index (χ3v) is 2.63. The number of rotatable bonds is 0. The van der Waals surface area contributed by atoms with Crippen molar-refractivity contribution >= 4 is 44.1 Å². The summed E-state index contributed by atoms with van der Waals surface area (Å²) in [7, 11) is 0. The van der Waals surface area contributed by atoms with Gasteiger partial charge in [0.15, 0.2) is 0 Å². The lowest BCUT2D eigenvalue weighted by Gasteiger charge is -2.01. The van der Waals surface area contributed by atoms with Gasteiger partial charge in [0, 0.05) is 10.4 Å². The highest BCUT2D eigenvalue weighted by atomic mass is 79.9. The molecule has 2 N–H and O–H groups in total. The molecule has 0 amide bonds. The van der Waals surface area contributed by atoms with Crippen LogP contribution in [0, 0.1) is 0 Å². The Labute approximate surface area is 88.8 Å². The first-order valence-electron chi connectivity index (χ1n) is 3.68. The number of hydrogen-bond acceptors (Lipinski definition) is 2. The van der Waals surface area contributed by atoms with E-state index in [0.29, 0.717) is 15.3 Å². The predicted molar refractivity (Wildman–Crippen MR) is 58.9 cm³/mol. The zero-order chi connectivity index (χ0) is 9.42. The molecule has 0 unspecified atom stereocenters. The first kappa shape index (κ1) is 8.78. The van der Waals surface area contributed by atoms with Gasteiger partial charge in [-0.15, -0.1) is 0 Å². The van der Waals surface area contributed by atoms with Gasteiger partial charge in [-0.2, -0.15) is 0 Å². The number of pyridine rings is 1. The van der Waals surface area contributed by atoms with Gasteiger partial charge in [-0.3, -0.25) is 0 Å². The van der Waals surface area contributed by atoms with Gasteiger partial charge < -0.3 is 5.73 Å². The van der Waals surface area contributed by atoms with E-state index in [9.17, 15) is 0 Å². The predicted octanol–water partition coefficient (Wildman–Crippen LogP) is 3.23. The maximum atomic E-state index is 5.82. The molecule has 0 saturated heterocycles. The van der Waals surface area contributed by atoms with Crippen molar-refractivity contribution in [2.24, 2.45) is 0 Å². The fraction of sp³-hybridized carbons (Fsp3) is 0. The second-order valence-electron chi connectivity index (χ2n) is 2.71. The Kier molecular flexibility index (Phi) is 2.14. The lowest BCUT2D eigenvalue weighted by molar-refractivity contribution is 1.36. The molecule has 1 aromatic carbocycles. The zero-order valence-electron chi connectivity index (χ0n) is 6.59. The average molecular weight is 258 g/mol. The molecular weight excluding hydrogens is 251 g/mol. The molecule has 2 aromatic rings. The molecule has 2 nitrogen and oxygen atoms in total. The van der Waals surface area contributed by atoms with E-state index >= 15 is 0 Å². The Hall–Kier alpha value is -0.800. The summed E-state index contributed by atoms with van der Waals surface area (Å²) >= 11 is 9.09. The number of anilines is 1. The highest BCUT2D eigenvalue weighted by Gasteiger charge is 2.01. The van der Waals surface area contributed by atoms with Crippen LogP contribution in [0.1, 0.15) is 0 Å². The molecule has 0 aliphatic heterocycles. The summed E-state index contributed by atoms with van der Waals surface area (Å²) in [5.41, 5.74) is 7.16. The third-order valence-electron chi connectivity index (χ3n) is 1.76. The molecule has 1 aromatic heterocycles. The van der Waals surface area contributed by atoms with Crippen molar-refractivity contribution in [1.82, 2.24) is 4.98 Å². The molecule has 0 bridgehead atoms. The Morgan fingerprint density at radius 3 is 2.85 bits per heavy atom. The Balaban J connectivity index is 2.81. The smallest absolute Gasteiger partial charge is 0.129 e. The van der Waals surface area contributed by atoms with Crippen molar-refractivity contribution in [2.75, 3.05) is 5.73 Å². The number of aromatic nitrogens is 1. The molecule has 13 heavy (non-hydrogen) atoms. The van der Waals surface area contributed by atoms with E-state index in [2.05, 4.69) is 20.9 Å². The molecule has 0 saturated carbocycles. The van der Waals surface area contributed by atoms with E-state index in [-0.39, 0.29) is 0 Å². The standard InChI is InChI=1S/C9H6BrClN2/c10-9-7(12)3-5-1-2-6(11)4-8(5)13-9/h1-4H,12H2. The number of fused-ring (bicyclic) bond motifs is 1. The maximum Gasteiger partial charge on any atom is 0.129 e. The summed E-state index contributed by atoms with van der Waals surface area (Å²) in [5.74, 6) is 0. The Morgan fingerprint density at radius 1 is 1.31 bits per heavy atom. The number of nitrogens with two attached hydrogens (primary N) is 1. The molecule has 0 radical (unpaired) electrons. The number of halogens is 2. The quantitative estimate of drug-likeness (QED) is 0.736. The highest BCUT2D eigenvalue weighted by molar-refractivity contribution is 9.10. The van der Waals surface area contributed by atoms with Crippen LogP contribution in [0.2, 0.25) is 5.02 Å². The molecule has 4 heteroatoms. The SMILES string of the molecule is Nc1cc2ccc(Cl)cc2nc1Br. The topological polar surface area (TPSA) is 38.9 Å². The van der Waals surface area contributed by atoms with Gasteiger partial charge in [0.05, 0.1) is 11.2 Å². The van der Waals surface area contributed by atoms with Gasteiger partial charge in [-0.25, -0.2) is 4.98 Å². The maximum absolute atomic E-state index is 5.82. The van der Waals surface area contributed by atoms with Gasteiger partial charge >= 0.3 is 0 Å². The van der Waals surface area contributed by atoms with E-state index in [1.54, 1.807) is 6.07 Å². The molecule has 0 aliphatic rings. The van der Waals surface area contributed by atoms with E-state index in [1.807, 2.05) is 18.2 Å². The minimum absolute atomic E-state index is 0.634. The number of nitrogen functional groups attached to an aromatic ring is 1. The zero-order valence-corrected chi connectivity index (χ0v) is 8.93. The van der Waals surface area contributed by atoms with Crippen molar-refractivity contribution < 1.29 is 0 Å². The second-order valence-corrected chi connectivity index (χ2v) is 3.89. The molecule has 2 rings (SSSR count). The van der Waals surface area contributed by atoms with Crippen LogP contribution >= 0.6 is 27.5 Å². The van der Waals surface area contributed by atoms with Crippen molar-refractivity contribution in [3.8, 4) is 0 Å². The summed E-state index contributed by atoms with van der Waals surface area (Å²) in [6, 6.07) is 7.39. The van der Waals surface area contributed by atoms with E-state index in [4.69, 9.17) is 17.3 Å². The van der Waals surface area contributed by atoms with Crippen molar-refractivity contribution in [3.63, 3.8) is 0 Å². The normalized spacial score (nSPS) is 10.6. The van der Waals surface area contributed by atoms with Crippen LogP contribution in [0.4, 0.5) is 5.69 Å². The largest absolute Gasteiger partial charge is 0.397 e. The summed E-state index contributed by atoms with van der Waals surface area (Å²) < 4.78 is 0.655.